The Kier molecular flexibility index (Phi) is 6.12. The molecule has 130 valence electrons. The minimum atomic E-state index is -4.42. The fourth-order valence-electron chi connectivity index (χ4n) is 1.80. The van der Waals surface area contributed by atoms with Gasteiger partial charge in [0.05, 0.1) is 28.1 Å². The number of ether oxygens (including phenoxy) is 1. The minimum absolute atomic E-state index is 0.0273. The fourth-order valence-corrected chi connectivity index (χ4v) is 3.01. The maximum atomic E-state index is 12.3. The minimum Gasteiger partial charge on any atom is -0.469 e. The molecule has 1 aromatic heterocycles. The normalized spacial score (nSPS) is 14.6. The number of aliphatic hydroxyl groups is 1. The molecule has 2 aromatic rings. The zero-order valence-corrected chi connectivity index (χ0v) is 15.4. The Hall–Kier alpha value is -1.48. The van der Waals surface area contributed by atoms with Gasteiger partial charge in [0, 0.05) is 0 Å². The highest BCUT2D eigenvalue weighted by atomic mass is 35.5. The first-order valence-electron chi connectivity index (χ1n) is 7.28. The van der Waals surface area contributed by atoms with Gasteiger partial charge in [0.25, 0.3) is 10.1 Å². The first kappa shape index (κ1) is 20.8. The van der Waals surface area contributed by atoms with Crippen molar-refractivity contribution in [1.29, 1.82) is 0 Å². The van der Waals surface area contributed by atoms with Crippen LogP contribution in [0.2, 0.25) is 0 Å². The summed E-state index contributed by atoms with van der Waals surface area (Å²) >= 11 is 5.62. The number of benzene rings is 1. The molecule has 1 unspecified atom stereocenters. The average Bonchev–Trinajstić information content (AvgIpc) is 2.54. The highest BCUT2D eigenvalue weighted by molar-refractivity contribution is 7.86. The largest absolute Gasteiger partial charge is 0.469 e. The Morgan fingerprint density at radius 3 is 2.27 bits per heavy atom. The van der Waals surface area contributed by atoms with Gasteiger partial charge in [0.15, 0.2) is 13.5 Å². The standard InChI is InChI=1S/C15H13B3ClNO5S/c1-10-2-6-13(7-3-10)26(22,23)25-14(16,17)15(18,21)24-12-5-4-11(8-19)20-9-12/h2-7,9,21H,8H2,1H3. The molecule has 1 N–H and O–H groups in total. The molecule has 1 atom stereocenters. The van der Waals surface area contributed by atoms with Crippen LogP contribution in [0.5, 0.6) is 5.75 Å². The quantitative estimate of drug-likeness (QED) is 0.326. The molecular weight excluding hydrogens is 374 g/mol. The summed E-state index contributed by atoms with van der Waals surface area (Å²) < 4.78 is 34.4. The molecule has 26 heavy (non-hydrogen) atoms. The smallest absolute Gasteiger partial charge is 0.296 e. The summed E-state index contributed by atoms with van der Waals surface area (Å²) in [7, 11) is 12.3. The second kappa shape index (κ2) is 7.64. The second-order valence-corrected chi connectivity index (χ2v) is 7.37. The van der Waals surface area contributed by atoms with Gasteiger partial charge in [-0.2, -0.15) is 8.42 Å². The van der Waals surface area contributed by atoms with E-state index in [1.807, 2.05) is 0 Å². The van der Waals surface area contributed by atoms with E-state index >= 15 is 0 Å². The number of pyridine rings is 1. The van der Waals surface area contributed by atoms with E-state index < -0.39 is 21.2 Å². The van der Waals surface area contributed by atoms with E-state index in [0.29, 0.717) is 5.69 Å². The maximum Gasteiger partial charge on any atom is 0.296 e. The molecule has 0 bridgehead atoms. The van der Waals surface area contributed by atoms with Crippen molar-refractivity contribution < 1.29 is 22.4 Å². The van der Waals surface area contributed by atoms with Crippen LogP contribution in [-0.2, 0) is 20.2 Å². The third-order valence-corrected chi connectivity index (χ3v) is 4.94. The lowest BCUT2D eigenvalue weighted by Gasteiger charge is -2.40. The van der Waals surface area contributed by atoms with Crippen molar-refractivity contribution in [1.82, 2.24) is 4.98 Å². The van der Waals surface area contributed by atoms with E-state index in [0.717, 1.165) is 5.56 Å². The first-order valence-corrected chi connectivity index (χ1v) is 9.22. The molecule has 0 aliphatic rings. The topological polar surface area (TPSA) is 85.7 Å². The molecule has 0 spiro atoms. The molecule has 11 heteroatoms. The van der Waals surface area contributed by atoms with Gasteiger partial charge in [-0.15, -0.1) is 11.6 Å². The molecular formula is C15H13B3ClNO5S. The number of hydrogen-bond acceptors (Lipinski definition) is 6. The van der Waals surface area contributed by atoms with Gasteiger partial charge >= 0.3 is 0 Å². The van der Waals surface area contributed by atoms with E-state index in [4.69, 9.17) is 44.1 Å². The third-order valence-electron chi connectivity index (χ3n) is 3.33. The summed E-state index contributed by atoms with van der Waals surface area (Å²) in [6, 6.07) is 8.61. The number of alkyl halides is 1. The molecule has 6 nitrogen and oxygen atoms in total. The number of hydrogen-bond donors (Lipinski definition) is 1. The Morgan fingerprint density at radius 1 is 1.15 bits per heavy atom. The Balaban J connectivity index is 2.21. The van der Waals surface area contributed by atoms with E-state index in [9.17, 15) is 13.5 Å². The van der Waals surface area contributed by atoms with Gasteiger partial charge < -0.3 is 9.84 Å². The Bertz CT molecular complexity index is 858. The molecule has 1 heterocycles. The lowest BCUT2D eigenvalue weighted by molar-refractivity contribution is -0.120. The zero-order chi connectivity index (χ0) is 19.6. The van der Waals surface area contributed by atoms with E-state index in [1.165, 1.54) is 30.5 Å². The highest BCUT2D eigenvalue weighted by Crippen LogP contribution is 2.27. The predicted octanol–water partition coefficient (Wildman–Crippen LogP) is 0.719. The summed E-state index contributed by atoms with van der Waals surface area (Å²) in [4.78, 5) is 3.71. The van der Waals surface area contributed by atoms with Crippen molar-refractivity contribution in [3.63, 3.8) is 0 Å². The van der Waals surface area contributed by atoms with Gasteiger partial charge in [-0.1, -0.05) is 17.7 Å². The summed E-state index contributed by atoms with van der Waals surface area (Å²) in [5.74, 6) is 0.142. The number of aryl methyl sites for hydroxylation is 1. The second-order valence-electron chi connectivity index (χ2n) is 5.56. The molecule has 0 amide bonds. The van der Waals surface area contributed by atoms with Crippen LogP contribution in [0.15, 0.2) is 47.5 Å². The van der Waals surface area contributed by atoms with Crippen LogP contribution < -0.4 is 4.74 Å². The molecule has 0 aliphatic carbocycles. The van der Waals surface area contributed by atoms with Crippen LogP contribution in [0, 0.1) is 6.92 Å². The van der Waals surface area contributed by atoms with Gasteiger partial charge in [0.1, 0.15) is 21.4 Å². The number of nitrogens with zero attached hydrogens (tertiary/aromatic N) is 1. The lowest BCUT2D eigenvalue weighted by Crippen LogP contribution is -2.62. The third kappa shape index (κ3) is 4.82. The fraction of sp³-hybridized carbons (Fsp3) is 0.267. The SMILES string of the molecule is [B]C([B])(OS(=O)(=O)c1ccc(C)cc1)C([B])(O)Oc1ccc(CCl)nc1. The van der Waals surface area contributed by atoms with E-state index in [2.05, 4.69) is 4.98 Å². The van der Waals surface area contributed by atoms with Crippen molar-refractivity contribution in [2.24, 2.45) is 0 Å². The number of aromatic nitrogens is 1. The summed E-state index contributed by atoms with van der Waals surface area (Å²) in [6.45, 7) is 1.78. The lowest BCUT2D eigenvalue weighted by atomic mass is 9.54. The van der Waals surface area contributed by atoms with Crippen LogP contribution in [0.1, 0.15) is 11.3 Å². The van der Waals surface area contributed by atoms with Crippen LogP contribution >= 0.6 is 11.6 Å². The molecule has 0 aliphatic heterocycles. The van der Waals surface area contributed by atoms with Crippen LogP contribution in [-0.4, -0.2) is 53.1 Å². The van der Waals surface area contributed by atoms with Crippen molar-refractivity contribution in [2.75, 3.05) is 0 Å². The highest BCUT2D eigenvalue weighted by Gasteiger charge is 2.44. The van der Waals surface area contributed by atoms with Crippen LogP contribution in [0.3, 0.4) is 0 Å². The Labute approximate surface area is 161 Å². The zero-order valence-electron chi connectivity index (χ0n) is 13.8. The molecule has 0 saturated heterocycles. The van der Waals surface area contributed by atoms with Gasteiger partial charge in [-0.05, 0) is 31.2 Å². The maximum absolute atomic E-state index is 12.3. The van der Waals surface area contributed by atoms with E-state index in [-0.39, 0.29) is 16.5 Å². The summed E-state index contributed by atoms with van der Waals surface area (Å²) in [5.41, 5.74) is -1.51. The Morgan fingerprint density at radius 2 is 1.77 bits per heavy atom. The molecule has 0 fully saturated rings. The number of rotatable bonds is 7. The van der Waals surface area contributed by atoms with Crippen molar-refractivity contribution in [3.8, 4) is 5.75 Å². The van der Waals surface area contributed by atoms with Gasteiger partial charge in [0.2, 0.25) is 0 Å². The first-order chi connectivity index (χ1) is 12.0. The molecule has 2 rings (SSSR count). The average molecular weight is 387 g/mol. The van der Waals surface area contributed by atoms with Crippen molar-refractivity contribution in [3.05, 3.63) is 53.9 Å². The predicted molar refractivity (Wildman–Crippen MR) is 98.8 cm³/mol. The number of halogens is 1. The summed E-state index contributed by atoms with van der Waals surface area (Å²) in [5, 5.41) is 7.44. The summed E-state index contributed by atoms with van der Waals surface area (Å²) in [6.07, 6.45) is 1.21. The molecule has 0 saturated carbocycles. The van der Waals surface area contributed by atoms with Gasteiger partial charge in [-0.3, -0.25) is 9.17 Å². The molecule has 6 radical (unpaired) electrons. The monoisotopic (exact) mass is 387 g/mol. The molecule has 1 aromatic carbocycles. The van der Waals surface area contributed by atoms with E-state index in [1.54, 1.807) is 19.1 Å². The van der Waals surface area contributed by atoms with Crippen molar-refractivity contribution >= 4 is 45.3 Å². The van der Waals surface area contributed by atoms with Crippen LogP contribution in [0.25, 0.3) is 0 Å². The van der Waals surface area contributed by atoms with Crippen LogP contribution in [0.4, 0.5) is 0 Å². The van der Waals surface area contributed by atoms with Gasteiger partial charge in [-0.25, -0.2) is 0 Å². The van der Waals surface area contributed by atoms with Crippen molar-refractivity contribution in [2.45, 2.75) is 28.8 Å².